The Hall–Kier alpha value is -3.21. The van der Waals surface area contributed by atoms with Crippen molar-refractivity contribution in [2.45, 2.75) is 13.5 Å². The normalized spacial score (nSPS) is 10.5. The summed E-state index contributed by atoms with van der Waals surface area (Å²) in [7, 11) is 0. The van der Waals surface area contributed by atoms with E-state index in [0.29, 0.717) is 11.3 Å². The highest BCUT2D eigenvalue weighted by Crippen LogP contribution is 2.10. The molecule has 0 atom stereocenters. The number of nitrogens with zero attached hydrogens (tertiary/aromatic N) is 1. The minimum absolute atomic E-state index is 0.0412. The van der Waals surface area contributed by atoms with Crippen LogP contribution in [0, 0.1) is 12.7 Å². The number of nitrogens with one attached hydrogen (secondary N) is 1. The van der Waals surface area contributed by atoms with Gasteiger partial charge in [0.15, 0.2) is 0 Å². The van der Waals surface area contributed by atoms with Crippen LogP contribution in [0.25, 0.3) is 0 Å². The summed E-state index contributed by atoms with van der Waals surface area (Å²) in [6.07, 6.45) is 1.58. The SMILES string of the molecule is Cc1ccc(NC(=O)c2cccn(Cc3cccc(F)c3)c2=O)cc1. The molecule has 0 saturated heterocycles. The van der Waals surface area contributed by atoms with Crippen LogP contribution in [0.4, 0.5) is 10.1 Å². The molecule has 2 aromatic carbocycles. The molecule has 1 N–H and O–H groups in total. The molecule has 0 bridgehead atoms. The maximum atomic E-state index is 13.3. The number of pyridine rings is 1. The van der Waals surface area contributed by atoms with E-state index >= 15 is 0 Å². The van der Waals surface area contributed by atoms with Crippen LogP contribution in [0.1, 0.15) is 21.5 Å². The Morgan fingerprint density at radius 2 is 1.84 bits per heavy atom. The van der Waals surface area contributed by atoms with Crippen LogP contribution in [0.3, 0.4) is 0 Å². The second-order valence-electron chi connectivity index (χ2n) is 5.80. The Bertz CT molecular complexity index is 962. The molecule has 0 aliphatic heterocycles. The highest BCUT2D eigenvalue weighted by atomic mass is 19.1. The van der Waals surface area contributed by atoms with Crippen molar-refractivity contribution in [1.82, 2.24) is 4.57 Å². The molecule has 3 rings (SSSR count). The van der Waals surface area contributed by atoms with E-state index in [1.807, 2.05) is 19.1 Å². The van der Waals surface area contributed by atoms with E-state index in [2.05, 4.69) is 5.32 Å². The van der Waals surface area contributed by atoms with Crippen molar-refractivity contribution < 1.29 is 9.18 Å². The molecule has 1 aromatic heterocycles. The Morgan fingerprint density at radius 1 is 1.08 bits per heavy atom. The molecule has 0 fully saturated rings. The van der Waals surface area contributed by atoms with Gasteiger partial charge in [-0.2, -0.15) is 0 Å². The second kappa shape index (κ2) is 7.13. The lowest BCUT2D eigenvalue weighted by atomic mass is 10.2. The average Bonchev–Trinajstić information content (AvgIpc) is 2.59. The molecule has 25 heavy (non-hydrogen) atoms. The molecule has 1 heterocycles. The van der Waals surface area contributed by atoms with Gasteiger partial charge in [-0.3, -0.25) is 9.59 Å². The van der Waals surface area contributed by atoms with Crippen LogP contribution in [0.2, 0.25) is 0 Å². The Labute approximate surface area is 144 Å². The van der Waals surface area contributed by atoms with Gasteiger partial charge in [-0.15, -0.1) is 0 Å². The average molecular weight is 336 g/mol. The van der Waals surface area contributed by atoms with Crippen molar-refractivity contribution in [3.05, 3.63) is 99.7 Å². The third-order valence-electron chi connectivity index (χ3n) is 3.82. The van der Waals surface area contributed by atoms with Crippen LogP contribution in [0.15, 0.2) is 71.7 Å². The minimum atomic E-state index is -0.470. The lowest BCUT2D eigenvalue weighted by Crippen LogP contribution is -2.29. The van der Waals surface area contributed by atoms with E-state index in [1.54, 1.807) is 36.5 Å². The first-order chi connectivity index (χ1) is 12.0. The number of carbonyl (C=O) groups excluding carboxylic acids is 1. The molecular weight excluding hydrogens is 319 g/mol. The molecule has 0 spiro atoms. The van der Waals surface area contributed by atoms with Crippen molar-refractivity contribution in [3.63, 3.8) is 0 Å². The number of carbonyl (C=O) groups is 1. The van der Waals surface area contributed by atoms with Gasteiger partial charge in [-0.05, 0) is 48.9 Å². The lowest BCUT2D eigenvalue weighted by molar-refractivity contribution is 0.102. The Balaban J connectivity index is 1.84. The predicted octanol–water partition coefficient (Wildman–Crippen LogP) is 3.60. The summed E-state index contributed by atoms with van der Waals surface area (Å²) >= 11 is 0. The van der Waals surface area contributed by atoms with E-state index in [1.165, 1.54) is 22.8 Å². The summed E-state index contributed by atoms with van der Waals surface area (Å²) in [4.78, 5) is 24.9. The molecule has 5 heteroatoms. The highest BCUT2D eigenvalue weighted by molar-refractivity contribution is 6.03. The van der Waals surface area contributed by atoms with Crippen LogP contribution in [-0.2, 0) is 6.54 Å². The molecule has 0 radical (unpaired) electrons. The molecule has 0 saturated carbocycles. The van der Waals surface area contributed by atoms with Crippen LogP contribution >= 0.6 is 0 Å². The molecule has 0 aliphatic carbocycles. The monoisotopic (exact) mass is 336 g/mol. The zero-order chi connectivity index (χ0) is 17.8. The van der Waals surface area contributed by atoms with Gasteiger partial charge in [0.1, 0.15) is 11.4 Å². The first kappa shape index (κ1) is 16.6. The highest BCUT2D eigenvalue weighted by Gasteiger charge is 2.12. The molecule has 4 nitrogen and oxygen atoms in total. The summed E-state index contributed by atoms with van der Waals surface area (Å²) in [5.74, 6) is -0.832. The molecule has 3 aromatic rings. The van der Waals surface area contributed by atoms with Crippen molar-refractivity contribution in [3.8, 4) is 0 Å². The fourth-order valence-electron chi connectivity index (χ4n) is 2.50. The van der Waals surface area contributed by atoms with E-state index in [-0.39, 0.29) is 17.9 Å². The smallest absolute Gasteiger partial charge is 0.263 e. The van der Waals surface area contributed by atoms with E-state index < -0.39 is 11.5 Å². The molecule has 0 aliphatic rings. The number of aromatic nitrogens is 1. The number of benzene rings is 2. The Morgan fingerprint density at radius 3 is 2.56 bits per heavy atom. The lowest BCUT2D eigenvalue weighted by Gasteiger charge is -2.09. The van der Waals surface area contributed by atoms with Crippen molar-refractivity contribution in [2.24, 2.45) is 0 Å². The van der Waals surface area contributed by atoms with Gasteiger partial charge < -0.3 is 9.88 Å². The topological polar surface area (TPSA) is 51.1 Å². The van der Waals surface area contributed by atoms with E-state index in [4.69, 9.17) is 0 Å². The third-order valence-corrected chi connectivity index (χ3v) is 3.82. The minimum Gasteiger partial charge on any atom is -0.322 e. The van der Waals surface area contributed by atoms with Gasteiger partial charge in [0, 0.05) is 11.9 Å². The van der Waals surface area contributed by atoms with Gasteiger partial charge in [0.25, 0.3) is 11.5 Å². The quantitative estimate of drug-likeness (QED) is 0.791. The third kappa shape index (κ3) is 4.01. The van der Waals surface area contributed by atoms with E-state index in [0.717, 1.165) is 5.56 Å². The zero-order valence-corrected chi connectivity index (χ0v) is 13.7. The summed E-state index contributed by atoms with van der Waals surface area (Å²) in [5, 5.41) is 2.71. The number of hydrogen-bond donors (Lipinski definition) is 1. The summed E-state index contributed by atoms with van der Waals surface area (Å²) < 4.78 is 14.7. The number of halogens is 1. The van der Waals surface area contributed by atoms with E-state index in [9.17, 15) is 14.0 Å². The van der Waals surface area contributed by atoms with Crippen molar-refractivity contribution >= 4 is 11.6 Å². The maximum absolute atomic E-state index is 13.3. The fourth-order valence-corrected chi connectivity index (χ4v) is 2.50. The van der Waals surface area contributed by atoms with Gasteiger partial charge in [-0.25, -0.2) is 4.39 Å². The van der Waals surface area contributed by atoms with Crippen LogP contribution in [0.5, 0.6) is 0 Å². The largest absolute Gasteiger partial charge is 0.322 e. The summed E-state index contributed by atoms with van der Waals surface area (Å²) in [6, 6.07) is 16.5. The molecule has 0 unspecified atom stereocenters. The van der Waals surface area contributed by atoms with Gasteiger partial charge >= 0.3 is 0 Å². The van der Waals surface area contributed by atoms with Gasteiger partial charge in [-0.1, -0.05) is 29.8 Å². The van der Waals surface area contributed by atoms with Crippen LogP contribution < -0.4 is 10.9 Å². The molecule has 1 amide bonds. The predicted molar refractivity (Wildman–Crippen MR) is 95.3 cm³/mol. The number of hydrogen-bond acceptors (Lipinski definition) is 2. The standard InChI is InChI=1S/C20H17FN2O2/c1-14-7-9-17(10-8-14)22-19(24)18-6-3-11-23(20(18)25)13-15-4-2-5-16(21)12-15/h2-12H,13H2,1H3,(H,22,24). The zero-order valence-electron chi connectivity index (χ0n) is 13.7. The first-order valence-corrected chi connectivity index (χ1v) is 7.85. The van der Waals surface area contributed by atoms with Crippen LogP contribution in [-0.4, -0.2) is 10.5 Å². The number of rotatable bonds is 4. The number of aryl methyl sites for hydroxylation is 1. The summed E-state index contributed by atoms with van der Waals surface area (Å²) in [6.45, 7) is 2.15. The van der Waals surface area contributed by atoms with Gasteiger partial charge in [0.05, 0.1) is 6.54 Å². The number of anilines is 1. The summed E-state index contributed by atoms with van der Waals surface area (Å²) in [5.41, 5.74) is 1.97. The first-order valence-electron chi connectivity index (χ1n) is 7.85. The second-order valence-corrected chi connectivity index (χ2v) is 5.80. The molecule has 126 valence electrons. The van der Waals surface area contributed by atoms with Gasteiger partial charge in [0.2, 0.25) is 0 Å². The Kier molecular flexibility index (Phi) is 4.75. The fraction of sp³-hybridized carbons (Fsp3) is 0.100. The van der Waals surface area contributed by atoms with Crippen molar-refractivity contribution in [1.29, 1.82) is 0 Å². The number of amides is 1. The molecular formula is C20H17FN2O2. The maximum Gasteiger partial charge on any atom is 0.263 e. The van der Waals surface area contributed by atoms with Crippen molar-refractivity contribution in [2.75, 3.05) is 5.32 Å².